The van der Waals surface area contributed by atoms with Crippen molar-refractivity contribution < 1.29 is 4.74 Å². The van der Waals surface area contributed by atoms with E-state index in [0.29, 0.717) is 0 Å². The summed E-state index contributed by atoms with van der Waals surface area (Å²) in [4.78, 5) is 11.6. The molecule has 2 aliphatic rings. The lowest BCUT2D eigenvalue weighted by Crippen LogP contribution is -2.36. The van der Waals surface area contributed by atoms with Gasteiger partial charge in [-0.1, -0.05) is 0 Å². The third-order valence-electron chi connectivity index (χ3n) is 3.39. The Morgan fingerprint density at radius 1 is 1.39 bits per heavy atom. The minimum atomic E-state index is 0.00625. The summed E-state index contributed by atoms with van der Waals surface area (Å²) in [5, 5.41) is 3.18. The maximum Gasteiger partial charge on any atom is 0.161 e. The van der Waals surface area contributed by atoms with Gasteiger partial charge in [-0.2, -0.15) is 11.8 Å². The van der Waals surface area contributed by atoms with E-state index in [-0.39, 0.29) is 6.10 Å². The first kappa shape index (κ1) is 12.2. The van der Waals surface area contributed by atoms with E-state index in [4.69, 9.17) is 9.72 Å². The highest BCUT2D eigenvalue weighted by molar-refractivity contribution is 7.98. The normalized spacial score (nSPS) is 24.0. The van der Waals surface area contributed by atoms with E-state index in [9.17, 15) is 0 Å². The molecule has 1 saturated heterocycles. The van der Waals surface area contributed by atoms with Crippen LogP contribution in [-0.4, -0.2) is 48.7 Å². The smallest absolute Gasteiger partial charge is 0.161 e. The second-order valence-corrected chi connectivity index (χ2v) is 5.71. The standard InChI is InChI=1S/C12H18N4OS/c1-13-11-8-6-18-7-9(8)14-12(15-11)10-5-16(2)3-4-17-10/h10H,3-7H2,1-2H3,(H,13,14,15). The first-order valence-electron chi connectivity index (χ1n) is 6.23. The van der Waals surface area contributed by atoms with Gasteiger partial charge in [0.1, 0.15) is 11.9 Å². The molecular formula is C12H18N4OS. The Morgan fingerprint density at radius 2 is 2.28 bits per heavy atom. The van der Waals surface area contributed by atoms with Crippen LogP contribution >= 0.6 is 11.8 Å². The number of thioether (sulfide) groups is 1. The Morgan fingerprint density at radius 3 is 3.06 bits per heavy atom. The minimum Gasteiger partial charge on any atom is -0.373 e. The monoisotopic (exact) mass is 266 g/mol. The van der Waals surface area contributed by atoms with Crippen molar-refractivity contribution in [3.8, 4) is 0 Å². The number of rotatable bonds is 2. The van der Waals surface area contributed by atoms with Gasteiger partial charge in [0.05, 0.1) is 12.3 Å². The van der Waals surface area contributed by atoms with Crippen molar-refractivity contribution in [2.75, 3.05) is 39.1 Å². The van der Waals surface area contributed by atoms with E-state index < -0.39 is 0 Å². The molecule has 0 amide bonds. The predicted octanol–water partition coefficient (Wildman–Crippen LogP) is 1.27. The Hall–Kier alpha value is -0.850. The maximum atomic E-state index is 5.79. The van der Waals surface area contributed by atoms with Crippen LogP contribution in [0.15, 0.2) is 0 Å². The fourth-order valence-corrected chi connectivity index (χ4v) is 3.40. The molecule has 1 aromatic heterocycles. The molecule has 1 N–H and O–H groups in total. The molecule has 0 saturated carbocycles. The number of anilines is 1. The number of hydrogen-bond donors (Lipinski definition) is 1. The zero-order valence-electron chi connectivity index (χ0n) is 10.8. The second-order valence-electron chi connectivity index (χ2n) is 4.72. The molecule has 0 radical (unpaired) electrons. The molecule has 0 spiro atoms. The number of ether oxygens (including phenoxy) is 1. The Kier molecular flexibility index (Phi) is 3.41. The molecule has 98 valence electrons. The average Bonchev–Trinajstić information content (AvgIpc) is 2.85. The molecule has 18 heavy (non-hydrogen) atoms. The van der Waals surface area contributed by atoms with E-state index >= 15 is 0 Å². The number of likely N-dealkylation sites (N-methyl/N-ethyl adjacent to an activating group) is 1. The molecule has 0 aromatic carbocycles. The molecule has 1 fully saturated rings. The van der Waals surface area contributed by atoms with Crippen LogP contribution < -0.4 is 5.32 Å². The van der Waals surface area contributed by atoms with Crippen molar-refractivity contribution >= 4 is 17.6 Å². The van der Waals surface area contributed by atoms with Gasteiger partial charge >= 0.3 is 0 Å². The lowest BCUT2D eigenvalue weighted by atomic mass is 10.2. The molecule has 1 aromatic rings. The lowest BCUT2D eigenvalue weighted by Gasteiger charge is -2.29. The van der Waals surface area contributed by atoms with E-state index in [1.165, 1.54) is 11.3 Å². The lowest BCUT2D eigenvalue weighted by molar-refractivity contribution is -0.0255. The Bertz CT molecular complexity index is 454. The van der Waals surface area contributed by atoms with Gasteiger partial charge in [-0.05, 0) is 7.05 Å². The van der Waals surface area contributed by atoms with Gasteiger partial charge in [0.15, 0.2) is 5.82 Å². The summed E-state index contributed by atoms with van der Waals surface area (Å²) in [6, 6.07) is 0. The van der Waals surface area contributed by atoms with Crippen molar-refractivity contribution in [2.24, 2.45) is 0 Å². The summed E-state index contributed by atoms with van der Waals surface area (Å²) in [5.41, 5.74) is 2.43. The number of nitrogens with one attached hydrogen (secondary N) is 1. The zero-order chi connectivity index (χ0) is 12.5. The first-order valence-corrected chi connectivity index (χ1v) is 7.38. The van der Waals surface area contributed by atoms with Crippen molar-refractivity contribution in [1.29, 1.82) is 0 Å². The topological polar surface area (TPSA) is 50.3 Å². The Balaban J connectivity index is 1.92. The molecule has 0 aliphatic carbocycles. The summed E-state index contributed by atoms with van der Waals surface area (Å²) in [6.45, 7) is 2.61. The van der Waals surface area contributed by atoms with Crippen LogP contribution in [0.3, 0.4) is 0 Å². The SMILES string of the molecule is CNc1nc(C2CN(C)CCO2)nc2c1CSC2. The van der Waals surface area contributed by atoms with Crippen LogP contribution in [0.1, 0.15) is 23.2 Å². The van der Waals surface area contributed by atoms with E-state index in [1.54, 1.807) is 0 Å². The van der Waals surface area contributed by atoms with Crippen molar-refractivity contribution in [1.82, 2.24) is 14.9 Å². The molecular weight excluding hydrogens is 248 g/mol. The van der Waals surface area contributed by atoms with Crippen LogP contribution in [0.2, 0.25) is 0 Å². The summed E-state index contributed by atoms with van der Waals surface area (Å²) >= 11 is 1.89. The maximum absolute atomic E-state index is 5.79. The van der Waals surface area contributed by atoms with Crippen LogP contribution in [-0.2, 0) is 16.2 Å². The summed E-state index contributed by atoms with van der Waals surface area (Å²) in [7, 11) is 4.03. The van der Waals surface area contributed by atoms with Gasteiger partial charge in [0.2, 0.25) is 0 Å². The fraction of sp³-hybridized carbons (Fsp3) is 0.667. The second kappa shape index (κ2) is 5.03. The van der Waals surface area contributed by atoms with E-state index in [2.05, 4.69) is 22.2 Å². The number of morpholine rings is 1. The van der Waals surface area contributed by atoms with E-state index in [1.807, 2.05) is 18.8 Å². The van der Waals surface area contributed by atoms with E-state index in [0.717, 1.165) is 42.8 Å². The molecule has 6 heteroatoms. The number of fused-ring (bicyclic) bond motifs is 1. The van der Waals surface area contributed by atoms with Crippen LogP contribution in [0, 0.1) is 0 Å². The quantitative estimate of drug-likeness (QED) is 0.870. The molecule has 0 bridgehead atoms. The highest BCUT2D eigenvalue weighted by Crippen LogP contribution is 2.34. The third kappa shape index (κ3) is 2.20. The largest absolute Gasteiger partial charge is 0.373 e. The Labute approximate surface area is 111 Å². The average molecular weight is 266 g/mol. The molecule has 5 nitrogen and oxygen atoms in total. The summed E-state index contributed by atoms with van der Waals surface area (Å²) < 4.78 is 5.79. The van der Waals surface area contributed by atoms with Crippen molar-refractivity contribution in [3.05, 3.63) is 17.1 Å². The summed E-state index contributed by atoms with van der Waals surface area (Å²) in [6.07, 6.45) is 0.00625. The minimum absolute atomic E-state index is 0.00625. The van der Waals surface area contributed by atoms with Gasteiger partial charge in [-0.3, -0.25) is 0 Å². The molecule has 1 unspecified atom stereocenters. The highest BCUT2D eigenvalue weighted by atomic mass is 32.2. The molecule has 1 atom stereocenters. The zero-order valence-corrected chi connectivity index (χ0v) is 11.6. The molecule has 3 rings (SSSR count). The van der Waals surface area contributed by atoms with Gasteiger partial charge in [0.25, 0.3) is 0 Å². The van der Waals surface area contributed by atoms with Crippen molar-refractivity contribution in [2.45, 2.75) is 17.6 Å². The van der Waals surface area contributed by atoms with Gasteiger partial charge in [-0.15, -0.1) is 0 Å². The summed E-state index contributed by atoms with van der Waals surface area (Å²) in [5.74, 6) is 3.79. The predicted molar refractivity (Wildman–Crippen MR) is 72.8 cm³/mol. The number of nitrogens with zero attached hydrogens (tertiary/aromatic N) is 3. The number of hydrogen-bond acceptors (Lipinski definition) is 6. The van der Waals surface area contributed by atoms with Crippen LogP contribution in [0.25, 0.3) is 0 Å². The van der Waals surface area contributed by atoms with Crippen LogP contribution in [0.5, 0.6) is 0 Å². The number of aromatic nitrogens is 2. The van der Waals surface area contributed by atoms with Gasteiger partial charge in [-0.25, -0.2) is 9.97 Å². The van der Waals surface area contributed by atoms with Gasteiger partial charge < -0.3 is 15.0 Å². The van der Waals surface area contributed by atoms with Gasteiger partial charge in [0, 0.05) is 37.2 Å². The fourth-order valence-electron chi connectivity index (χ4n) is 2.36. The molecule has 3 heterocycles. The third-order valence-corrected chi connectivity index (χ3v) is 4.36. The van der Waals surface area contributed by atoms with Crippen LogP contribution in [0.4, 0.5) is 5.82 Å². The molecule has 2 aliphatic heterocycles. The first-order chi connectivity index (χ1) is 8.78. The van der Waals surface area contributed by atoms with Crippen molar-refractivity contribution in [3.63, 3.8) is 0 Å². The highest BCUT2D eigenvalue weighted by Gasteiger charge is 2.26.